The summed E-state index contributed by atoms with van der Waals surface area (Å²) in [7, 11) is -3.49. The van der Waals surface area contributed by atoms with Gasteiger partial charge in [-0.2, -0.15) is 5.26 Å². The monoisotopic (exact) mass is 210 g/mol. The van der Waals surface area contributed by atoms with Crippen LogP contribution in [0.3, 0.4) is 0 Å². The van der Waals surface area contributed by atoms with Gasteiger partial charge in [0.15, 0.2) is 9.84 Å². The Hall–Kier alpha value is -1.54. The molecular weight excluding hydrogens is 200 g/mol. The van der Waals surface area contributed by atoms with E-state index in [9.17, 15) is 8.42 Å². The predicted molar refractivity (Wildman–Crippen MR) is 53.5 cm³/mol. The minimum Gasteiger partial charge on any atom is -0.404 e. The molecule has 74 valence electrons. The normalized spacial score (nSPS) is 19.1. The number of hydrogen-bond donors (Lipinski definition) is 1. The standard InChI is InChI=1S/C9H10N2O2S/c10-5-6-14(12,13)9-4-2-1-3-8(9)7-11/h1-2,4,7H,3,6,11H2/b8-7+. The lowest BCUT2D eigenvalue weighted by Gasteiger charge is -2.11. The molecule has 0 heterocycles. The lowest BCUT2D eigenvalue weighted by atomic mass is 10.1. The summed E-state index contributed by atoms with van der Waals surface area (Å²) in [4.78, 5) is 0.157. The summed E-state index contributed by atoms with van der Waals surface area (Å²) in [6, 6.07) is 1.63. The Balaban J connectivity index is 3.15. The van der Waals surface area contributed by atoms with Crippen LogP contribution in [0.4, 0.5) is 0 Å². The Morgan fingerprint density at radius 3 is 2.93 bits per heavy atom. The van der Waals surface area contributed by atoms with Gasteiger partial charge < -0.3 is 5.73 Å². The van der Waals surface area contributed by atoms with Gasteiger partial charge in [-0.3, -0.25) is 0 Å². The Labute approximate surface area is 82.9 Å². The maximum absolute atomic E-state index is 11.5. The summed E-state index contributed by atoms with van der Waals surface area (Å²) in [6.45, 7) is 0. The maximum Gasteiger partial charge on any atom is 0.192 e. The van der Waals surface area contributed by atoms with E-state index < -0.39 is 15.6 Å². The molecule has 0 atom stereocenters. The molecule has 0 saturated carbocycles. The number of nitrogens with two attached hydrogens (primary N) is 1. The highest BCUT2D eigenvalue weighted by Crippen LogP contribution is 2.24. The third kappa shape index (κ3) is 2.03. The van der Waals surface area contributed by atoms with Crippen molar-refractivity contribution < 1.29 is 8.42 Å². The highest BCUT2D eigenvalue weighted by Gasteiger charge is 2.21. The molecule has 2 N–H and O–H groups in total. The largest absolute Gasteiger partial charge is 0.404 e. The van der Waals surface area contributed by atoms with Crippen LogP contribution in [0.1, 0.15) is 6.42 Å². The van der Waals surface area contributed by atoms with E-state index in [1.165, 1.54) is 12.3 Å². The van der Waals surface area contributed by atoms with Crippen molar-refractivity contribution in [3.8, 4) is 6.07 Å². The van der Waals surface area contributed by atoms with Gasteiger partial charge in [0, 0.05) is 0 Å². The van der Waals surface area contributed by atoms with Crippen LogP contribution < -0.4 is 5.73 Å². The second kappa shape index (κ2) is 4.11. The van der Waals surface area contributed by atoms with Crippen molar-refractivity contribution >= 4 is 9.84 Å². The average Bonchev–Trinajstić information content (AvgIpc) is 2.18. The lowest BCUT2D eigenvalue weighted by molar-refractivity contribution is 0.605. The molecule has 1 rings (SSSR count). The SMILES string of the molecule is N#CCS(=O)(=O)C1=CC=CC/C1=C\N. The first kappa shape index (κ1) is 10.5. The number of nitriles is 1. The van der Waals surface area contributed by atoms with Crippen LogP contribution >= 0.6 is 0 Å². The third-order valence-corrected chi connectivity index (χ3v) is 3.41. The first-order valence-corrected chi connectivity index (χ1v) is 5.64. The van der Waals surface area contributed by atoms with Gasteiger partial charge in [-0.15, -0.1) is 0 Å². The molecule has 0 aromatic rings. The van der Waals surface area contributed by atoms with Crippen LogP contribution in [0.25, 0.3) is 0 Å². The van der Waals surface area contributed by atoms with Crippen molar-refractivity contribution in [2.24, 2.45) is 5.73 Å². The molecule has 5 heteroatoms. The first-order chi connectivity index (χ1) is 6.61. The topological polar surface area (TPSA) is 84.0 Å². The van der Waals surface area contributed by atoms with Crippen LogP contribution in [-0.4, -0.2) is 14.2 Å². The number of rotatable bonds is 2. The van der Waals surface area contributed by atoms with Crippen molar-refractivity contribution in [1.82, 2.24) is 0 Å². The molecule has 0 amide bonds. The maximum atomic E-state index is 11.5. The van der Waals surface area contributed by atoms with E-state index in [2.05, 4.69) is 0 Å². The van der Waals surface area contributed by atoms with Crippen molar-refractivity contribution in [3.05, 3.63) is 34.9 Å². The van der Waals surface area contributed by atoms with Gasteiger partial charge in [0.25, 0.3) is 0 Å². The summed E-state index contributed by atoms with van der Waals surface area (Å²) in [6.07, 6.45) is 6.69. The van der Waals surface area contributed by atoms with E-state index in [-0.39, 0.29) is 4.91 Å². The minimum atomic E-state index is -3.49. The molecule has 0 spiro atoms. The number of allylic oxidation sites excluding steroid dienone is 4. The van der Waals surface area contributed by atoms with Crippen molar-refractivity contribution in [2.75, 3.05) is 5.75 Å². The van der Waals surface area contributed by atoms with Crippen molar-refractivity contribution in [2.45, 2.75) is 6.42 Å². The van der Waals surface area contributed by atoms with E-state index in [1.54, 1.807) is 12.1 Å². The van der Waals surface area contributed by atoms with Gasteiger partial charge in [0.2, 0.25) is 0 Å². The van der Waals surface area contributed by atoms with E-state index in [1.807, 2.05) is 6.08 Å². The van der Waals surface area contributed by atoms with Crippen LogP contribution in [0.2, 0.25) is 0 Å². The Kier molecular flexibility index (Phi) is 3.10. The van der Waals surface area contributed by atoms with Crippen molar-refractivity contribution in [3.63, 3.8) is 0 Å². The van der Waals surface area contributed by atoms with Crippen LogP contribution in [0.5, 0.6) is 0 Å². The fourth-order valence-electron chi connectivity index (χ4n) is 1.17. The zero-order chi connectivity index (χ0) is 10.6. The fourth-order valence-corrected chi connectivity index (χ4v) is 2.34. The van der Waals surface area contributed by atoms with Gasteiger partial charge in [0.1, 0.15) is 5.75 Å². The van der Waals surface area contributed by atoms with Gasteiger partial charge in [-0.05, 0) is 24.3 Å². The molecule has 4 nitrogen and oxygen atoms in total. The number of sulfone groups is 1. The molecule has 0 saturated heterocycles. The Bertz CT molecular complexity index is 450. The third-order valence-electron chi connectivity index (χ3n) is 1.83. The Morgan fingerprint density at radius 2 is 2.36 bits per heavy atom. The highest BCUT2D eigenvalue weighted by atomic mass is 32.2. The quantitative estimate of drug-likeness (QED) is 0.723. The summed E-state index contributed by atoms with van der Waals surface area (Å²) >= 11 is 0. The smallest absolute Gasteiger partial charge is 0.192 e. The molecular formula is C9H10N2O2S. The molecule has 1 aliphatic rings. The first-order valence-electron chi connectivity index (χ1n) is 3.99. The van der Waals surface area contributed by atoms with Gasteiger partial charge in [-0.1, -0.05) is 12.2 Å². The molecule has 0 unspecified atom stereocenters. The van der Waals surface area contributed by atoms with Crippen molar-refractivity contribution in [1.29, 1.82) is 5.26 Å². The second-order valence-electron chi connectivity index (χ2n) is 2.77. The molecule has 0 aliphatic heterocycles. The predicted octanol–water partition coefficient (Wildman–Crippen LogP) is 0.611. The Morgan fingerprint density at radius 1 is 1.64 bits per heavy atom. The van der Waals surface area contributed by atoms with Crippen LogP contribution in [-0.2, 0) is 9.84 Å². The molecule has 0 fully saturated rings. The minimum absolute atomic E-state index is 0.157. The number of nitrogens with zero attached hydrogens (tertiary/aromatic N) is 1. The van der Waals surface area contributed by atoms with Gasteiger partial charge in [0.05, 0.1) is 11.0 Å². The van der Waals surface area contributed by atoms with E-state index >= 15 is 0 Å². The zero-order valence-electron chi connectivity index (χ0n) is 7.47. The lowest BCUT2D eigenvalue weighted by Crippen LogP contribution is -2.12. The van der Waals surface area contributed by atoms with Gasteiger partial charge >= 0.3 is 0 Å². The van der Waals surface area contributed by atoms with E-state index in [4.69, 9.17) is 11.0 Å². The zero-order valence-corrected chi connectivity index (χ0v) is 8.29. The fraction of sp³-hybridized carbons (Fsp3) is 0.222. The van der Waals surface area contributed by atoms with Crippen LogP contribution in [0.15, 0.2) is 34.9 Å². The summed E-state index contributed by atoms with van der Waals surface area (Å²) < 4.78 is 23.1. The molecule has 0 bridgehead atoms. The van der Waals surface area contributed by atoms with Gasteiger partial charge in [-0.25, -0.2) is 8.42 Å². The molecule has 0 aromatic heterocycles. The second-order valence-corrected chi connectivity index (χ2v) is 4.73. The van der Waals surface area contributed by atoms with E-state index in [0.717, 1.165) is 0 Å². The average molecular weight is 210 g/mol. The summed E-state index contributed by atoms with van der Waals surface area (Å²) in [5.41, 5.74) is 5.85. The van der Waals surface area contributed by atoms with Crippen LogP contribution in [0, 0.1) is 11.3 Å². The summed E-state index contributed by atoms with van der Waals surface area (Å²) in [5, 5.41) is 8.37. The number of hydrogen-bond acceptors (Lipinski definition) is 4. The summed E-state index contributed by atoms with van der Waals surface area (Å²) in [5.74, 6) is -0.510. The molecule has 14 heavy (non-hydrogen) atoms. The molecule has 1 aliphatic carbocycles. The molecule has 0 aromatic carbocycles. The molecule has 0 radical (unpaired) electrons. The highest BCUT2D eigenvalue weighted by molar-refractivity contribution is 7.95. The van der Waals surface area contributed by atoms with E-state index in [0.29, 0.717) is 12.0 Å².